The topological polar surface area (TPSA) is 48.1 Å². The molecule has 20 heavy (non-hydrogen) atoms. The van der Waals surface area contributed by atoms with Gasteiger partial charge in [0.15, 0.2) is 0 Å². The molecule has 0 aliphatic rings. The Labute approximate surface area is 119 Å². The van der Waals surface area contributed by atoms with Crippen LogP contribution in [0.15, 0.2) is 73.1 Å². The fraction of sp³-hybridized carbons (Fsp3) is 0.125. The maximum atomic E-state index is 3.87. The second-order valence-corrected chi connectivity index (χ2v) is 4.41. The molecule has 2 rings (SSSR count). The highest BCUT2D eigenvalue weighted by Crippen LogP contribution is 1.97. The van der Waals surface area contributed by atoms with Gasteiger partial charge in [0.05, 0.1) is 0 Å². The van der Waals surface area contributed by atoms with Crippen LogP contribution < -0.4 is 21.7 Å². The molecule has 0 bridgehead atoms. The number of hydrazine groups is 2. The van der Waals surface area contributed by atoms with Crippen LogP contribution in [0.5, 0.6) is 0 Å². The highest BCUT2D eigenvalue weighted by atomic mass is 15.5. The van der Waals surface area contributed by atoms with Crippen LogP contribution in [0.3, 0.4) is 0 Å². The third-order valence-electron chi connectivity index (χ3n) is 2.75. The van der Waals surface area contributed by atoms with Crippen molar-refractivity contribution in [1.29, 1.82) is 0 Å². The van der Waals surface area contributed by atoms with Gasteiger partial charge in [0.1, 0.15) is 5.82 Å². The summed E-state index contributed by atoms with van der Waals surface area (Å²) in [7, 11) is 0. The zero-order valence-electron chi connectivity index (χ0n) is 11.4. The van der Waals surface area contributed by atoms with Gasteiger partial charge in [-0.15, -0.1) is 0 Å². The molecule has 4 N–H and O–H groups in total. The van der Waals surface area contributed by atoms with Gasteiger partial charge in [-0.25, -0.2) is 10.9 Å². The molecular weight excluding hydrogens is 248 g/mol. The molecule has 0 saturated carbocycles. The van der Waals surface area contributed by atoms with Crippen LogP contribution >= 0.6 is 0 Å². The second kappa shape index (κ2) is 7.99. The molecule has 0 unspecified atom stereocenters. The molecule has 2 aromatic carbocycles. The quantitative estimate of drug-likeness (QED) is 0.553. The van der Waals surface area contributed by atoms with Crippen molar-refractivity contribution in [2.45, 2.75) is 13.1 Å². The van der Waals surface area contributed by atoms with Gasteiger partial charge in [0, 0.05) is 13.1 Å². The Morgan fingerprint density at radius 1 is 0.700 bits per heavy atom. The number of hydrogen-bond acceptors (Lipinski definition) is 4. The maximum Gasteiger partial charge on any atom is 0.120 e. The molecule has 104 valence electrons. The van der Waals surface area contributed by atoms with Crippen molar-refractivity contribution in [1.82, 2.24) is 21.7 Å². The van der Waals surface area contributed by atoms with Crippen molar-refractivity contribution in [2.24, 2.45) is 0 Å². The summed E-state index contributed by atoms with van der Waals surface area (Å²) in [5.74, 6) is 0.678. The van der Waals surface area contributed by atoms with E-state index in [2.05, 4.69) is 52.5 Å². The van der Waals surface area contributed by atoms with Crippen molar-refractivity contribution in [3.8, 4) is 0 Å². The lowest BCUT2D eigenvalue weighted by atomic mass is 10.2. The number of benzene rings is 2. The molecule has 0 radical (unpaired) electrons. The summed E-state index contributed by atoms with van der Waals surface area (Å²) in [6.07, 6.45) is 0. The maximum absolute atomic E-state index is 3.87. The first-order chi connectivity index (χ1) is 9.84. The van der Waals surface area contributed by atoms with Gasteiger partial charge in [-0.1, -0.05) is 67.2 Å². The SMILES string of the molecule is C=C(NNCc1ccccc1)NNCc1ccccc1. The summed E-state index contributed by atoms with van der Waals surface area (Å²) in [5, 5.41) is 0. The fourth-order valence-corrected chi connectivity index (χ4v) is 1.73. The van der Waals surface area contributed by atoms with Gasteiger partial charge >= 0.3 is 0 Å². The minimum Gasteiger partial charge on any atom is -0.307 e. The average Bonchev–Trinajstić information content (AvgIpc) is 2.49. The van der Waals surface area contributed by atoms with Gasteiger partial charge in [0.2, 0.25) is 0 Å². The highest BCUT2D eigenvalue weighted by Gasteiger charge is 1.93. The molecule has 2 aromatic rings. The number of rotatable bonds is 8. The van der Waals surface area contributed by atoms with Gasteiger partial charge < -0.3 is 10.9 Å². The lowest BCUT2D eigenvalue weighted by molar-refractivity contribution is 0.505. The standard InChI is InChI=1S/C16H20N4/c1-14(19-17-12-15-8-4-2-5-9-15)20-18-13-16-10-6-3-7-11-16/h2-11,17-20H,1,12-13H2. The summed E-state index contributed by atoms with van der Waals surface area (Å²) in [5.41, 5.74) is 14.6. The third-order valence-corrected chi connectivity index (χ3v) is 2.75. The zero-order valence-corrected chi connectivity index (χ0v) is 11.4. The molecule has 0 heterocycles. The molecular formula is C16H20N4. The second-order valence-electron chi connectivity index (χ2n) is 4.41. The van der Waals surface area contributed by atoms with Crippen LogP contribution in [0.25, 0.3) is 0 Å². The first-order valence-electron chi connectivity index (χ1n) is 6.59. The molecule has 0 fully saturated rings. The van der Waals surface area contributed by atoms with E-state index >= 15 is 0 Å². The van der Waals surface area contributed by atoms with Crippen LogP contribution in [-0.4, -0.2) is 0 Å². The Bertz CT molecular complexity index is 463. The monoisotopic (exact) mass is 268 g/mol. The minimum atomic E-state index is 0.678. The fourth-order valence-electron chi connectivity index (χ4n) is 1.73. The van der Waals surface area contributed by atoms with Gasteiger partial charge in [-0.05, 0) is 11.1 Å². The normalized spacial score (nSPS) is 10.0. The summed E-state index contributed by atoms with van der Waals surface area (Å²) >= 11 is 0. The molecule has 0 spiro atoms. The van der Waals surface area contributed by atoms with Crippen LogP contribution in [0, 0.1) is 0 Å². The predicted molar refractivity (Wildman–Crippen MR) is 82.0 cm³/mol. The summed E-state index contributed by atoms with van der Waals surface area (Å²) in [4.78, 5) is 0. The van der Waals surface area contributed by atoms with Crippen molar-refractivity contribution < 1.29 is 0 Å². The lowest BCUT2D eigenvalue weighted by Gasteiger charge is -2.14. The molecule has 4 heteroatoms. The zero-order chi connectivity index (χ0) is 14.0. The molecule has 0 aromatic heterocycles. The minimum absolute atomic E-state index is 0.678. The lowest BCUT2D eigenvalue weighted by Crippen LogP contribution is -2.41. The first-order valence-corrected chi connectivity index (χ1v) is 6.59. The van der Waals surface area contributed by atoms with Crippen LogP contribution in [0.2, 0.25) is 0 Å². The van der Waals surface area contributed by atoms with Gasteiger partial charge in [-0.3, -0.25) is 0 Å². The molecule has 4 nitrogen and oxygen atoms in total. The highest BCUT2D eigenvalue weighted by molar-refractivity contribution is 5.15. The van der Waals surface area contributed by atoms with E-state index in [9.17, 15) is 0 Å². The molecule has 0 saturated heterocycles. The summed E-state index contributed by atoms with van der Waals surface area (Å²) in [6, 6.07) is 20.4. The first kappa shape index (κ1) is 14.1. The number of hydrogen-bond donors (Lipinski definition) is 4. The Hall–Kier alpha value is -2.30. The molecule has 0 aliphatic heterocycles. The third kappa shape index (κ3) is 5.14. The van der Waals surface area contributed by atoms with Gasteiger partial charge in [-0.2, -0.15) is 0 Å². The van der Waals surface area contributed by atoms with Crippen molar-refractivity contribution in [2.75, 3.05) is 0 Å². The molecule has 0 atom stereocenters. The smallest absolute Gasteiger partial charge is 0.120 e. The molecule has 0 amide bonds. The van der Waals surface area contributed by atoms with E-state index in [4.69, 9.17) is 0 Å². The van der Waals surface area contributed by atoms with Crippen molar-refractivity contribution >= 4 is 0 Å². The Morgan fingerprint density at radius 3 is 1.50 bits per heavy atom. The van der Waals surface area contributed by atoms with Crippen LogP contribution in [-0.2, 0) is 13.1 Å². The Kier molecular flexibility index (Phi) is 5.64. The largest absolute Gasteiger partial charge is 0.307 e. The predicted octanol–water partition coefficient (Wildman–Crippen LogP) is 2.05. The van der Waals surface area contributed by atoms with Crippen molar-refractivity contribution in [3.05, 3.63) is 84.2 Å². The van der Waals surface area contributed by atoms with Crippen molar-refractivity contribution in [3.63, 3.8) is 0 Å². The molecule has 0 aliphatic carbocycles. The summed E-state index contributed by atoms with van der Waals surface area (Å²) in [6.45, 7) is 5.34. The van der Waals surface area contributed by atoms with Crippen LogP contribution in [0.4, 0.5) is 0 Å². The van der Waals surface area contributed by atoms with Gasteiger partial charge in [0.25, 0.3) is 0 Å². The summed E-state index contributed by atoms with van der Waals surface area (Å²) < 4.78 is 0. The Morgan fingerprint density at radius 2 is 1.10 bits per heavy atom. The van der Waals surface area contributed by atoms with E-state index in [-0.39, 0.29) is 0 Å². The number of nitrogens with one attached hydrogen (secondary N) is 4. The van der Waals surface area contributed by atoms with E-state index in [0.29, 0.717) is 5.82 Å². The van der Waals surface area contributed by atoms with E-state index in [0.717, 1.165) is 13.1 Å². The van der Waals surface area contributed by atoms with E-state index in [1.807, 2.05) is 36.4 Å². The Balaban J connectivity index is 1.59. The average molecular weight is 268 g/mol. The van der Waals surface area contributed by atoms with E-state index in [1.165, 1.54) is 11.1 Å². The van der Waals surface area contributed by atoms with E-state index in [1.54, 1.807) is 0 Å². The van der Waals surface area contributed by atoms with Crippen LogP contribution in [0.1, 0.15) is 11.1 Å². The van der Waals surface area contributed by atoms with E-state index < -0.39 is 0 Å².